The standard InChI is InChI=1S/C25H23N5O/c1-17-8-9-19(13-20(17)6-4-12-26)14-23-16-27-25-11-10-24(29-30(23)25)21-5-3-7-22(15-21)28-18(2)31/h3-13,15-16H,1,14,26H2,2H3,(H,28,31)/b12-4-,20-6-. The van der Waals surface area contributed by atoms with Crippen molar-refractivity contribution >= 4 is 29.9 Å². The maximum atomic E-state index is 11.4. The van der Waals surface area contributed by atoms with Crippen molar-refractivity contribution in [1.82, 2.24) is 14.6 Å². The monoisotopic (exact) mass is 409 g/mol. The predicted octanol–water partition coefficient (Wildman–Crippen LogP) is 2.61. The molecule has 0 saturated heterocycles. The van der Waals surface area contributed by atoms with E-state index in [4.69, 9.17) is 10.8 Å². The van der Waals surface area contributed by atoms with Crippen LogP contribution in [0.2, 0.25) is 0 Å². The molecule has 2 heterocycles. The van der Waals surface area contributed by atoms with Gasteiger partial charge in [-0.1, -0.05) is 43.0 Å². The van der Waals surface area contributed by atoms with Gasteiger partial charge >= 0.3 is 0 Å². The minimum Gasteiger partial charge on any atom is -0.405 e. The third kappa shape index (κ3) is 4.53. The van der Waals surface area contributed by atoms with Gasteiger partial charge in [-0.2, -0.15) is 5.10 Å². The van der Waals surface area contributed by atoms with Gasteiger partial charge in [0.1, 0.15) is 0 Å². The molecule has 4 rings (SSSR count). The van der Waals surface area contributed by atoms with Crippen molar-refractivity contribution in [2.24, 2.45) is 5.73 Å². The van der Waals surface area contributed by atoms with E-state index in [9.17, 15) is 4.79 Å². The molecular weight excluding hydrogens is 386 g/mol. The van der Waals surface area contributed by atoms with Crippen LogP contribution in [0.1, 0.15) is 18.2 Å². The Morgan fingerprint density at radius 1 is 1.19 bits per heavy atom. The number of nitrogens with zero attached hydrogens (tertiary/aromatic N) is 3. The van der Waals surface area contributed by atoms with Crippen LogP contribution in [0.5, 0.6) is 0 Å². The number of carbonyl (C=O) groups is 1. The van der Waals surface area contributed by atoms with E-state index in [-0.39, 0.29) is 5.91 Å². The van der Waals surface area contributed by atoms with E-state index >= 15 is 0 Å². The van der Waals surface area contributed by atoms with Gasteiger partial charge in [-0.15, -0.1) is 0 Å². The Bertz CT molecular complexity index is 1400. The highest BCUT2D eigenvalue weighted by atomic mass is 16.1. The number of carbonyl (C=O) groups excluding carboxylic acids is 1. The number of benzene rings is 2. The molecule has 2 aromatic carbocycles. The molecule has 0 fully saturated rings. The van der Waals surface area contributed by atoms with E-state index in [1.54, 1.807) is 6.08 Å². The lowest BCUT2D eigenvalue weighted by Gasteiger charge is -2.07. The van der Waals surface area contributed by atoms with Crippen LogP contribution in [0.25, 0.3) is 29.6 Å². The van der Waals surface area contributed by atoms with Gasteiger partial charge in [0.2, 0.25) is 5.91 Å². The minimum absolute atomic E-state index is 0.107. The second-order valence-corrected chi connectivity index (χ2v) is 7.26. The molecule has 0 unspecified atom stereocenters. The summed E-state index contributed by atoms with van der Waals surface area (Å²) in [6, 6.07) is 17.7. The second-order valence-electron chi connectivity index (χ2n) is 7.26. The largest absolute Gasteiger partial charge is 0.405 e. The first-order valence-electron chi connectivity index (χ1n) is 9.91. The Kier molecular flexibility index (Phi) is 5.62. The lowest BCUT2D eigenvalue weighted by atomic mass is 10.1. The third-order valence-corrected chi connectivity index (χ3v) is 4.89. The van der Waals surface area contributed by atoms with Crippen molar-refractivity contribution in [2.45, 2.75) is 13.3 Å². The average Bonchev–Trinajstić information content (AvgIpc) is 3.16. The second kappa shape index (κ2) is 8.67. The van der Waals surface area contributed by atoms with Crippen molar-refractivity contribution in [2.75, 3.05) is 5.32 Å². The van der Waals surface area contributed by atoms with Gasteiger partial charge in [-0.05, 0) is 52.5 Å². The summed E-state index contributed by atoms with van der Waals surface area (Å²) < 4.78 is 1.86. The van der Waals surface area contributed by atoms with Crippen LogP contribution in [0.3, 0.4) is 0 Å². The van der Waals surface area contributed by atoms with Crippen LogP contribution in [0, 0.1) is 0 Å². The summed E-state index contributed by atoms with van der Waals surface area (Å²) in [6.45, 7) is 5.56. The highest BCUT2D eigenvalue weighted by molar-refractivity contribution is 5.89. The lowest BCUT2D eigenvalue weighted by molar-refractivity contribution is -0.114. The van der Waals surface area contributed by atoms with Crippen LogP contribution >= 0.6 is 0 Å². The summed E-state index contributed by atoms with van der Waals surface area (Å²) in [5, 5.41) is 9.58. The zero-order valence-electron chi connectivity index (χ0n) is 17.2. The van der Waals surface area contributed by atoms with Gasteiger partial charge in [-0.25, -0.2) is 9.50 Å². The van der Waals surface area contributed by atoms with Gasteiger partial charge in [0.05, 0.1) is 17.6 Å². The van der Waals surface area contributed by atoms with E-state index in [0.29, 0.717) is 6.42 Å². The first-order valence-corrected chi connectivity index (χ1v) is 9.91. The molecule has 3 N–H and O–H groups in total. The number of nitrogens with one attached hydrogen (secondary N) is 1. The number of aromatic nitrogens is 3. The topological polar surface area (TPSA) is 85.3 Å². The molecule has 31 heavy (non-hydrogen) atoms. The van der Waals surface area contributed by atoms with Gasteiger partial charge in [0, 0.05) is 24.6 Å². The molecule has 4 aromatic rings. The number of anilines is 1. The summed E-state index contributed by atoms with van der Waals surface area (Å²) in [5.41, 5.74) is 10.8. The van der Waals surface area contributed by atoms with Gasteiger partial charge < -0.3 is 11.1 Å². The number of allylic oxidation sites excluding steroid dienone is 1. The quantitative estimate of drug-likeness (QED) is 0.531. The normalized spacial score (nSPS) is 12.0. The predicted molar refractivity (Wildman–Crippen MR) is 125 cm³/mol. The number of imidazole rings is 1. The van der Waals surface area contributed by atoms with E-state index in [1.807, 2.05) is 59.3 Å². The minimum atomic E-state index is -0.107. The summed E-state index contributed by atoms with van der Waals surface area (Å²) >= 11 is 0. The zero-order chi connectivity index (χ0) is 21.8. The Morgan fingerprint density at radius 3 is 2.87 bits per heavy atom. The Hall–Kier alpha value is -4.19. The molecule has 2 aromatic heterocycles. The van der Waals surface area contributed by atoms with Gasteiger partial charge in [0.15, 0.2) is 5.65 Å². The number of hydrogen-bond donors (Lipinski definition) is 2. The molecule has 154 valence electrons. The molecule has 0 saturated carbocycles. The number of rotatable bonds is 5. The molecule has 0 radical (unpaired) electrons. The van der Waals surface area contributed by atoms with Crippen molar-refractivity contribution in [3.63, 3.8) is 0 Å². The molecule has 6 heteroatoms. The Morgan fingerprint density at radius 2 is 2.06 bits per heavy atom. The fraction of sp³-hybridized carbons (Fsp3) is 0.0800. The molecule has 0 aliphatic heterocycles. The van der Waals surface area contributed by atoms with Crippen LogP contribution in [0.4, 0.5) is 5.69 Å². The van der Waals surface area contributed by atoms with Crippen molar-refractivity contribution in [3.05, 3.63) is 94.8 Å². The van der Waals surface area contributed by atoms with E-state index in [0.717, 1.165) is 44.3 Å². The van der Waals surface area contributed by atoms with Crippen molar-refractivity contribution < 1.29 is 4.79 Å². The Labute approximate surface area is 180 Å². The molecule has 0 atom stereocenters. The number of amides is 1. The van der Waals surface area contributed by atoms with Crippen molar-refractivity contribution in [3.8, 4) is 11.3 Å². The lowest BCUT2D eigenvalue weighted by Crippen LogP contribution is -2.23. The smallest absolute Gasteiger partial charge is 0.221 e. The van der Waals surface area contributed by atoms with Gasteiger partial charge in [-0.3, -0.25) is 4.79 Å². The summed E-state index contributed by atoms with van der Waals surface area (Å²) in [4.78, 5) is 15.9. The highest BCUT2D eigenvalue weighted by Gasteiger charge is 2.09. The molecule has 0 bridgehead atoms. The number of hydrogen-bond acceptors (Lipinski definition) is 4. The SMILES string of the molecule is C=c1ccc(Cc2cnc3ccc(-c4cccc(NC(C)=O)c4)nn23)c/c1=C/C=C\N. The summed E-state index contributed by atoms with van der Waals surface area (Å²) in [6.07, 6.45) is 7.77. The number of nitrogens with two attached hydrogens (primary N) is 1. The van der Waals surface area contributed by atoms with E-state index in [1.165, 1.54) is 13.1 Å². The maximum absolute atomic E-state index is 11.4. The van der Waals surface area contributed by atoms with Crippen LogP contribution < -0.4 is 21.5 Å². The van der Waals surface area contributed by atoms with Crippen LogP contribution in [-0.2, 0) is 11.2 Å². The van der Waals surface area contributed by atoms with Gasteiger partial charge in [0.25, 0.3) is 0 Å². The molecule has 1 amide bonds. The molecule has 0 spiro atoms. The van der Waals surface area contributed by atoms with E-state index in [2.05, 4.69) is 29.0 Å². The molecule has 0 aliphatic rings. The fourth-order valence-corrected chi connectivity index (χ4v) is 3.43. The van der Waals surface area contributed by atoms with Crippen LogP contribution in [-0.4, -0.2) is 20.5 Å². The van der Waals surface area contributed by atoms with Crippen LogP contribution in [0.15, 0.2) is 73.1 Å². The molecule has 0 aliphatic carbocycles. The first kappa shape index (κ1) is 20.1. The fourth-order valence-electron chi connectivity index (χ4n) is 3.43. The summed E-state index contributed by atoms with van der Waals surface area (Å²) in [7, 11) is 0. The first-order chi connectivity index (χ1) is 15.0. The number of fused-ring (bicyclic) bond motifs is 1. The Balaban J connectivity index is 1.70. The van der Waals surface area contributed by atoms with Crippen molar-refractivity contribution in [1.29, 1.82) is 0 Å². The molecule has 6 nitrogen and oxygen atoms in total. The third-order valence-electron chi connectivity index (χ3n) is 4.89. The van der Waals surface area contributed by atoms with E-state index < -0.39 is 0 Å². The highest BCUT2D eigenvalue weighted by Crippen LogP contribution is 2.22. The average molecular weight is 409 g/mol. The zero-order valence-corrected chi connectivity index (χ0v) is 17.2. The maximum Gasteiger partial charge on any atom is 0.221 e. The molecular formula is C25H23N5O. The summed E-state index contributed by atoms with van der Waals surface area (Å²) in [5.74, 6) is -0.107.